The normalized spacial score (nSPS) is 11.8. The van der Waals surface area contributed by atoms with Crippen molar-refractivity contribution >= 4 is 40.8 Å². The van der Waals surface area contributed by atoms with Gasteiger partial charge in [-0.15, -0.1) is 22.9 Å². The molecule has 0 saturated heterocycles. The first kappa shape index (κ1) is 22.9. The molecule has 0 atom stereocenters. The van der Waals surface area contributed by atoms with Crippen LogP contribution in [-0.4, -0.2) is 36.0 Å². The van der Waals surface area contributed by atoms with E-state index in [0.29, 0.717) is 30.8 Å². The van der Waals surface area contributed by atoms with Crippen molar-refractivity contribution < 1.29 is 14.7 Å². The van der Waals surface area contributed by atoms with Crippen molar-refractivity contribution in [2.24, 2.45) is 0 Å². The molecule has 0 aliphatic carbocycles. The minimum Gasteiger partial charge on any atom is -0.396 e. The number of hydrogen-bond donors (Lipinski definition) is 3. The van der Waals surface area contributed by atoms with Gasteiger partial charge in [-0.25, -0.2) is 0 Å². The number of carbonyl (C=O) groups excluding carboxylic acids is 2. The number of aryl methyl sites for hydroxylation is 1. The number of rotatable bonds is 12. The molecule has 0 aliphatic heterocycles. The second-order valence-electron chi connectivity index (χ2n) is 5.50. The van der Waals surface area contributed by atoms with E-state index >= 15 is 0 Å². The maximum absolute atomic E-state index is 12.5. The molecule has 0 saturated carbocycles. The summed E-state index contributed by atoms with van der Waals surface area (Å²) >= 11 is 7.27. The molecule has 0 spiro atoms. The third-order valence-electron chi connectivity index (χ3n) is 3.45. The summed E-state index contributed by atoms with van der Waals surface area (Å²) in [4.78, 5) is 26.8. The van der Waals surface area contributed by atoms with Crippen LogP contribution in [0.25, 0.3) is 6.08 Å². The molecular formula is C20H25ClN2O3S. The molecule has 0 unspecified atom stereocenters. The second-order valence-corrected chi connectivity index (χ2v) is 7.08. The molecule has 7 heteroatoms. The van der Waals surface area contributed by atoms with Crippen molar-refractivity contribution in [1.29, 1.82) is 0 Å². The van der Waals surface area contributed by atoms with Crippen LogP contribution in [0.15, 0.2) is 54.8 Å². The fraction of sp³-hybridized carbons (Fsp3) is 0.300. The number of aliphatic hydroxyl groups excluding tert-OH is 1. The smallest absolute Gasteiger partial charge is 0.267 e. The van der Waals surface area contributed by atoms with Gasteiger partial charge in [-0.05, 0) is 37.5 Å². The molecule has 1 heterocycles. The molecule has 0 aliphatic rings. The van der Waals surface area contributed by atoms with Gasteiger partial charge in [0, 0.05) is 34.4 Å². The van der Waals surface area contributed by atoms with Gasteiger partial charge in [0.15, 0.2) is 0 Å². The molecule has 3 N–H and O–H groups in total. The molecule has 0 bridgehead atoms. The van der Waals surface area contributed by atoms with E-state index in [-0.39, 0.29) is 12.3 Å². The van der Waals surface area contributed by atoms with Gasteiger partial charge in [0.2, 0.25) is 0 Å². The Labute approximate surface area is 169 Å². The molecule has 2 amide bonds. The number of allylic oxidation sites excluding steroid dienone is 2. The van der Waals surface area contributed by atoms with E-state index in [9.17, 15) is 9.59 Å². The number of halogens is 1. The number of hydrogen-bond acceptors (Lipinski definition) is 4. The zero-order valence-corrected chi connectivity index (χ0v) is 16.7. The lowest BCUT2D eigenvalue weighted by atomic mass is 10.2. The van der Waals surface area contributed by atoms with Crippen LogP contribution in [-0.2, 0) is 16.0 Å². The molecule has 0 aromatic carbocycles. The van der Waals surface area contributed by atoms with Gasteiger partial charge in [-0.3, -0.25) is 9.59 Å². The number of nitrogens with one attached hydrogen (secondary N) is 2. The average molecular weight is 409 g/mol. The van der Waals surface area contributed by atoms with Crippen molar-refractivity contribution in [2.75, 3.05) is 19.0 Å². The van der Waals surface area contributed by atoms with Gasteiger partial charge in [-0.2, -0.15) is 0 Å². The Morgan fingerprint density at radius 3 is 2.63 bits per heavy atom. The summed E-state index contributed by atoms with van der Waals surface area (Å²) in [6.45, 7) is 7.64. The monoisotopic (exact) mass is 408 g/mol. The van der Waals surface area contributed by atoms with E-state index in [1.165, 1.54) is 29.6 Å². The van der Waals surface area contributed by atoms with Crippen molar-refractivity contribution in [3.8, 4) is 0 Å². The summed E-state index contributed by atoms with van der Waals surface area (Å²) in [6, 6.07) is 3.83. The first-order chi connectivity index (χ1) is 13.0. The van der Waals surface area contributed by atoms with Crippen LogP contribution in [0.1, 0.15) is 22.6 Å². The second kappa shape index (κ2) is 13.1. The highest BCUT2D eigenvalue weighted by atomic mass is 35.5. The Kier molecular flexibility index (Phi) is 11.1. The zero-order valence-electron chi connectivity index (χ0n) is 15.2. The number of amides is 2. The maximum atomic E-state index is 12.5. The van der Waals surface area contributed by atoms with E-state index < -0.39 is 11.8 Å². The molecule has 0 radical (unpaired) electrons. The zero-order chi connectivity index (χ0) is 20.1. The molecule has 1 aromatic heterocycles. The van der Waals surface area contributed by atoms with Gasteiger partial charge in [0.05, 0.1) is 0 Å². The Morgan fingerprint density at radius 2 is 2.00 bits per heavy atom. The van der Waals surface area contributed by atoms with Crippen LogP contribution >= 0.6 is 22.9 Å². The summed E-state index contributed by atoms with van der Waals surface area (Å²) in [7, 11) is 0. The number of thiophene rings is 1. The molecule has 1 rings (SSSR count). The predicted molar refractivity (Wildman–Crippen MR) is 113 cm³/mol. The standard InChI is InChI=1S/C20H25ClN2O3S/c1-3-7-15(4-2)19(25)23-18(20(26)22-12-5-6-13-24)14-17-9-8-16(27-17)10-11-21/h3-4,7-9,14,24H,1-2,5-6,10-13H2,(H,22,26)(H,23,25). The van der Waals surface area contributed by atoms with E-state index in [1.54, 1.807) is 6.08 Å². The number of unbranched alkanes of at least 4 members (excludes halogenated alkanes) is 1. The lowest BCUT2D eigenvalue weighted by molar-refractivity contribution is -0.121. The average Bonchev–Trinajstić information content (AvgIpc) is 3.09. The maximum Gasteiger partial charge on any atom is 0.267 e. The summed E-state index contributed by atoms with van der Waals surface area (Å²) in [5, 5.41) is 14.2. The Hall–Kier alpha value is -2.15. The van der Waals surface area contributed by atoms with Crippen molar-refractivity contribution in [3.05, 3.63) is 64.5 Å². The quantitative estimate of drug-likeness (QED) is 0.215. The minimum absolute atomic E-state index is 0.0723. The fourth-order valence-corrected chi connectivity index (χ4v) is 3.36. The minimum atomic E-state index is -0.445. The van der Waals surface area contributed by atoms with Gasteiger partial charge >= 0.3 is 0 Å². The largest absolute Gasteiger partial charge is 0.396 e. The van der Waals surface area contributed by atoms with Crippen molar-refractivity contribution in [2.45, 2.75) is 19.3 Å². The first-order valence-corrected chi connectivity index (χ1v) is 9.92. The molecule has 5 nitrogen and oxygen atoms in total. The summed E-state index contributed by atoms with van der Waals surface area (Å²) in [5.74, 6) is -0.317. The lowest BCUT2D eigenvalue weighted by Crippen LogP contribution is -2.35. The predicted octanol–water partition coefficient (Wildman–Crippen LogP) is 3.17. The highest BCUT2D eigenvalue weighted by Gasteiger charge is 2.15. The van der Waals surface area contributed by atoms with E-state index in [0.717, 1.165) is 16.2 Å². The number of alkyl halides is 1. The fourth-order valence-electron chi connectivity index (χ4n) is 2.09. The molecule has 1 aromatic rings. The molecule has 27 heavy (non-hydrogen) atoms. The van der Waals surface area contributed by atoms with Crippen LogP contribution < -0.4 is 10.6 Å². The summed E-state index contributed by atoms with van der Waals surface area (Å²) in [5.41, 5.74) is 0.443. The number of carbonyl (C=O) groups is 2. The van der Waals surface area contributed by atoms with E-state index in [4.69, 9.17) is 16.7 Å². The highest BCUT2D eigenvalue weighted by Crippen LogP contribution is 2.20. The van der Waals surface area contributed by atoms with Gasteiger partial charge in [-0.1, -0.05) is 31.4 Å². The molecular weight excluding hydrogens is 384 g/mol. The Balaban J connectivity index is 2.99. The van der Waals surface area contributed by atoms with Gasteiger partial charge < -0.3 is 15.7 Å². The third kappa shape index (κ3) is 8.39. The van der Waals surface area contributed by atoms with E-state index in [2.05, 4.69) is 23.8 Å². The lowest BCUT2D eigenvalue weighted by Gasteiger charge is -2.11. The van der Waals surface area contributed by atoms with Gasteiger partial charge in [0.1, 0.15) is 5.70 Å². The third-order valence-corrected chi connectivity index (χ3v) is 4.73. The molecule has 146 valence electrons. The Morgan fingerprint density at radius 1 is 1.22 bits per heavy atom. The van der Waals surface area contributed by atoms with Gasteiger partial charge in [0.25, 0.3) is 11.8 Å². The first-order valence-electron chi connectivity index (χ1n) is 8.57. The summed E-state index contributed by atoms with van der Waals surface area (Å²) < 4.78 is 0. The summed E-state index contributed by atoms with van der Waals surface area (Å²) in [6.07, 6.45) is 8.03. The van der Waals surface area contributed by atoms with Crippen molar-refractivity contribution in [1.82, 2.24) is 10.6 Å². The topological polar surface area (TPSA) is 78.4 Å². The Bertz CT molecular complexity index is 723. The van der Waals surface area contributed by atoms with Crippen LogP contribution in [0.3, 0.4) is 0 Å². The van der Waals surface area contributed by atoms with Crippen molar-refractivity contribution in [3.63, 3.8) is 0 Å². The molecule has 0 fully saturated rings. The highest BCUT2D eigenvalue weighted by molar-refractivity contribution is 7.12. The van der Waals surface area contributed by atoms with Crippen LogP contribution in [0.5, 0.6) is 0 Å². The van der Waals surface area contributed by atoms with Crippen LogP contribution in [0, 0.1) is 0 Å². The van der Waals surface area contributed by atoms with Crippen LogP contribution in [0.2, 0.25) is 0 Å². The van der Waals surface area contributed by atoms with E-state index in [1.807, 2.05) is 12.1 Å². The SMILES string of the molecule is C=CC=C(C=C)C(=O)NC(=Cc1ccc(CCCl)s1)C(=O)NCCCCO. The number of aliphatic hydroxyl groups is 1. The van der Waals surface area contributed by atoms with Crippen LogP contribution in [0.4, 0.5) is 0 Å².